The minimum atomic E-state index is -0.236. The van der Waals surface area contributed by atoms with Crippen molar-refractivity contribution < 1.29 is 4.79 Å². The van der Waals surface area contributed by atoms with Gasteiger partial charge < -0.3 is 5.32 Å². The predicted molar refractivity (Wildman–Crippen MR) is 94.4 cm³/mol. The summed E-state index contributed by atoms with van der Waals surface area (Å²) in [4.78, 5) is 24.2. The van der Waals surface area contributed by atoms with Gasteiger partial charge in [0.05, 0.1) is 11.9 Å². The van der Waals surface area contributed by atoms with E-state index in [-0.39, 0.29) is 24.4 Å². The molecule has 3 rings (SSSR count). The van der Waals surface area contributed by atoms with E-state index in [4.69, 9.17) is 0 Å². The molecule has 0 atom stereocenters. The molecular weight excluding hydrogens is 372 g/mol. The van der Waals surface area contributed by atoms with Gasteiger partial charge in [-0.15, -0.1) is 5.10 Å². The average Bonchev–Trinajstić information content (AvgIpc) is 2.60. The second-order valence-corrected chi connectivity index (χ2v) is 6.21. The molecular formula is C17H15BrN4O2. The Bertz CT molecular complexity index is 939. The number of nitrogens with one attached hydrogen (secondary N) is 1. The van der Waals surface area contributed by atoms with Crippen molar-refractivity contribution >= 4 is 32.7 Å². The van der Waals surface area contributed by atoms with Gasteiger partial charge in [0, 0.05) is 17.4 Å². The van der Waals surface area contributed by atoms with Crippen molar-refractivity contribution in [2.75, 3.05) is 0 Å². The summed E-state index contributed by atoms with van der Waals surface area (Å²) in [6.45, 7) is 0.636. The number of hydrogen-bond acceptors (Lipinski definition) is 4. The number of hydrogen-bond donors (Lipinski definition) is 1. The quantitative estimate of drug-likeness (QED) is 0.729. The maximum Gasteiger partial charge on any atom is 0.277 e. The maximum atomic E-state index is 12.3. The van der Waals surface area contributed by atoms with Crippen LogP contribution in [0.5, 0.6) is 0 Å². The number of aromatic nitrogens is 3. The summed E-state index contributed by atoms with van der Waals surface area (Å²) in [6, 6.07) is 14.7. The molecule has 0 saturated carbocycles. The molecule has 122 valence electrons. The molecule has 0 unspecified atom stereocenters. The Morgan fingerprint density at radius 3 is 2.83 bits per heavy atom. The van der Waals surface area contributed by atoms with Crippen LogP contribution in [0.2, 0.25) is 0 Å². The number of aryl methyl sites for hydroxylation is 1. The van der Waals surface area contributed by atoms with Gasteiger partial charge in [-0.1, -0.05) is 45.4 Å². The van der Waals surface area contributed by atoms with Gasteiger partial charge in [-0.2, -0.15) is 0 Å². The molecule has 1 amide bonds. The van der Waals surface area contributed by atoms with Crippen molar-refractivity contribution in [3.63, 3.8) is 0 Å². The first kappa shape index (κ1) is 16.3. The zero-order chi connectivity index (χ0) is 16.9. The Labute approximate surface area is 146 Å². The first-order valence-corrected chi connectivity index (χ1v) is 8.26. The zero-order valence-electron chi connectivity index (χ0n) is 12.8. The van der Waals surface area contributed by atoms with Gasteiger partial charge in [0.2, 0.25) is 5.91 Å². The molecule has 1 aromatic heterocycles. The van der Waals surface area contributed by atoms with Crippen LogP contribution >= 0.6 is 15.9 Å². The number of nitrogens with zero attached hydrogens (tertiary/aromatic N) is 3. The van der Waals surface area contributed by atoms with E-state index in [0.717, 1.165) is 10.0 Å². The van der Waals surface area contributed by atoms with Crippen molar-refractivity contribution in [1.82, 2.24) is 20.3 Å². The number of carbonyl (C=O) groups excluding carboxylic acids is 1. The molecule has 7 heteroatoms. The number of rotatable bonds is 5. The minimum absolute atomic E-state index is 0.142. The van der Waals surface area contributed by atoms with E-state index in [1.54, 1.807) is 24.3 Å². The molecule has 1 N–H and O–H groups in total. The third-order valence-corrected chi connectivity index (χ3v) is 4.05. The molecule has 0 saturated heterocycles. The fourth-order valence-electron chi connectivity index (χ4n) is 2.31. The van der Waals surface area contributed by atoms with Crippen molar-refractivity contribution in [1.29, 1.82) is 0 Å². The molecule has 3 aromatic rings. The first-order valence-electron chi connectivity index (χ1n) is 7.47. The highest BCUT2D eigenvalue weighted by Crippen LogP contribution is 2.11. The summed E-state index contributed by atoms with van der Waals surface area (Å²) in [7, 11) is 0. The van der Waals surface area contributed by atoms with Crippen LogP contribution in [0.3, 0.4) is 0 Å². The summed E-state index contributed by atoms with van der Waals surface area (Å²) in [5, 5.41) is 11.2. The summed E-state index contributed by atoms with van der Waals surface area (Å²) in [6.07, 6.45) is 0.168. The monoisotopic (exact) mass is 386 g/mol. The Morgan fingerprint density at radius 2 is 2.00 bits per heavy atom. The highest BCUT2D eigenvalue weighted by Gasteiger charge is 2.07. The van der Waals surface area contributed by atoms with Gasteiger partial charge in [-0.25, -0.2) is 4.68 Å². The predicted octanol–water partition coefficient (Wildman–Crippen LogP) is 2.26. The van der Waals surface area contributed by atoms with E-state index in [2.05, 4.69) is 31.6 Å². The van der Waals surface area contributed by atoms with Crippen LogP contribution < -0.4 is 10.9 Å². The molecule has 2 aromatic carbocycles. The average molecular weight is 387 g/mol. The van der Waals surface area contributed by atoms with Gasteiger partial charge in [0.1, 0.15) is 5.52 Å². The second kappa shape index (κ2) is 7.35. The lowest BCUT2D eigenvalue weighted by atomic mass is 10.2. The molecule has 1 heterocycles. The van der Waals surface area contributed by atoms with E-state index < -0.39 is 0 Å². The minimum Gasteiger partial charge on any atom is -0.352 e. The van der Waals surface area contributed by atoms with Crippen molar-refractivity contribution in [2.45, 2.75) is 19.5 Å². The molecule has 0 aliphatic heterocycles. The van der Waals surface area contributed by atoms with E-state index in [0.29, 0.717) is 17.4 Å². The van der Waals surface area contributed by atoms with Crippen LogP contribution in [0.25, 0.3) is 10.9 Å². The normalized spacial score (nSPS) is 10.7. The SMILES string of the molecule is O=C(CCn1nnc2ccccc2c1=O)NCc1cccc(Br)c1. The summed E-state index contributed by atoms with van der Waals surface area (Å²) >= 11 is 3.39. The lowest BCUT2D eigenvalue weighted by Crippen LogP contribution is -2.29. The molecule has 0 bridgehead atoms. The lowest BCUT2D eigenvalue weighted by Gasteiger charge is -2.07. The Kier molecular flexibility index (Phi) is 5.00. The topological polar surface area (TPSA) is 76.9 Å². The van der Waals surface area contributed by atoms with Crippen LogP contribution in [0.15, 0.2) is 57.8 Å². The summed E-state index contributed by atoms with van der Waals surface area (Å²) < 4.78 is 2.19. The number of fused-ring (bicyclic) bond motifs is 1. The third-order valence-electron chi connectivity index (χ3n) is 3.56. The largest absolute Gasteiger partial charge is 0.352 e. The van der Waals surface area contributed by atoms with E-state index in [1.807, 2.05) is 24.3 Å². The Hall–Kier alpha value is -2.54. The zero-order valence-corrected chi connectivity index (χ0v) is 14.4. The summed E-state index contributed by atoms with van der Waals surface area (Å²) in [5.41, 5.74) is 1.32. The van der Waals surface area contributed by atoms with Gasteiger partial charge in [-0.3, -0.25) is 9.59 Å². The van der Waals surface area contributed by atoms with Crippen LogP contribution in [-0.4, -0.2) is 20.9 Å². The molecule has 0 spiro atoms. The van der Waals surface area contributed by atoms with Gasteiger partial charge >= 0.3 is 0 Å². The third kappa shape index (κ3) is 3.86. The van der Waals surface area contributed by atoms with Crippen LogP contribution in [0, 0.1) is 0 Å². The highest BCUT2D eigenvalue weighted by atomic mass is 79.9. The number of halogens is 1. The number of benzene rings is 2. The maximum absolute atomic E-state index is 12.3. The van der Waals surface area contributed by atoms with Gasteiger partial charge in [0.25, 0.3) is 5.56 Å². The Morgan fingerprint density at radius 1 is 1.17 bits per heavy atom. The number of amides is 1. The fraction of sp³-hybridized carbons (Fsp3) is 0.176. The highest BCUT2D eigenvalue weighted by molar-refractivity contribution is 9.10. The van der Waals surface area contributed by atoms with E-state index in [1.165, 1.54) is 4.68 Å². The standard InChI is InChI=1S/C17H15BrN4O2/c18-13-5-3-4-12(10-13)11-19-16(23)8-9-22-17(24)14-6-1-2-7-15(14)20-21-22/h1-7,10H,8-9,11H2,(H,19,23). The first-order chi connectivity index (χ1) is 11.6. The fourth-order valence-corrected chi connectivity index (χ4v) is 2.76. The molecule has 0 radical (unpaired) electrons. The molecule has 6 nitrogen and oxygen atoms in total. The van der Waals surface area contributed by atoms with Crippen LogP contribution in [-0.2, 0) is 17.9 Å². The van der Waals surface area contributed by atoms with E-state index in [9.17, 15) is 9.59 Å². The molecule has 24 heavy (non-hydrogen) atoms. The van der Waals surface area contributed by atoms with Crippen molar-refractivity contribution in [3.05, 3.63) is 68.9 Å². The molecule has 0 aliphatic rings. The van der Waals surface area contributed by atoms with Gasteiger partial charge in [-0.05, 0) is 29.8 Å². The smallest absolute Gasteiger partial charge is 0.277 e. The lowest BCUT2D eigenvalue weighted by molar-refractivity contribution is -0.121. The Balaban J connectivity index is 1.60. The van der Waals surface area contributed by atoms with Crippen LogP contribution in [0.1, 0.15) is 12.0 Å². The van der Waals surface area contributed by atoms with Crippen molar-refractivity contribution in [2.24, 2.45) is 0 Å². The molecule has 0 aliphatic carbocycles. The van der Waals surface area contributed by atoms with Gasteiger partial charge in [0.15, 0.2) is 0 Å². The van der Waals surface area contributed by atoms with E-state index >= 15 is 0 Å². The molecule has 0 fully saturated rings. The van der Waals surface area contributed by atoms with Crippen molar-refractivity contribution in [3.8, 4) is 0 Å². The summed E-state index contributed by atoms with van der Waals surface area (Å²) in [5.74, 6) is -0.142. The van der Waals surface area contributed by atoms with Crippen LogP contribution in [0.4, 0.5) is 0 Å². The second-order valence-electron chi connectivity index (χ2n) is 5.29. The number of carbonyl (C=O) groups is 1.